The Morgan fingerprint density at radius 3 is 2.88 bits per heavy atom. The molecule has 128 valence electrons. The van der Waals surface area contributed by atoms with E-state index in [1.165, 1.54) is 0 Å². The molecule has 0 bridgehead atoms. The molecule has 3 heterocycles. The highest BCUT2D eigenvalue weighted by atomic mass is 32.1. The Balaban J connectivity index is 1.42. The van der Waals surface area contributed by atoms with Crippen molar-refractivity contribution in [1.29, 1.82) is 0 Å². The molecule has 8 heteroatoms. The molecule has 1 fully saturated rings. The summed E-state index contributed by atoms with van der Waals surface area (Å²) >= 11 is 1.55. The van der Waals surface area contributed by atoms with Gasteiger partial charge in [0.05, 0.1) is 4.88 Å². The molecule has 7 nitrogen and oxygen atoms in total. The van der Waals surface area contributed by atoms with Gasteiger partial charge >= 0.3 is 0 Å². The van der Waals surface area contributed by atoms with Gasteiger partial charge in [-0.05, 0) is 24.3 Å². The van der Waals surface area contributed by atoms with Crippen LogP contribution in [-0.4, -0.2) is 46.0 Å². The maximum atomic E-state index is 12.1. The maximum Gasteiger partial charge on any atom is 0.227 e. The number of hydrogen-bond acceptors (Lipinski definition) is 6. The van der Waals surface area contributed by atoms with E-state index in [4.69, 9.17) is 4.52 Å². The van der Waals surface area contributed by atoms with Crippen molar-refractivity contribution in [2.75, 3.05) is 13.1 Å². The molecule has 0 saturated carbocycles. The Morgan fingerprint density at radius 1 is 1.42 bits per heavy atom. The fourth-order valence-electron chi connectivity index (χ4n) is 2.72. The average molecular weight is 348 g/mol. The maximum absolute atomic E-state index is 12.1. The lowest BCUT2D eigenvalue weighted by Crippen LogP contribution is -2.46. The summed E-state index contributed by atoms with van der Waals surface area (Å²) in [6, 6.07) is 4.00. The SMILES string of the molecule is CC(=O)N1CCC(NC(=O)CCc2nc(-c3cccs3)no2)CC1. The number of thiophene rings is 1. The summed E-state index contributed by atoms with van der Waals surface area (Å²) in [6.07, 6.45) is 2.35. The van der Waals surface area contributed by atoms with Gasteiger partial charge in [0.1, 0.15) is 0 Å². The average Bonchev–Trinajstić information content (AvgIpc) is 3.25. The van der Waals surface area contributed by atoms with Crippen LogP contribution in [0.15, 0.2) is 22.0 Å². The zero-order chi connectivity index (χ0) is 16.9. The molecule has 1 aliphatic rings. The van der Waals surface area contributed by atoms with E-state index in [0.29, 0.717) is 37.6 Å². The lowest BCUT2D eigenvalue weighted by atomic mass is 10.0. The van der Waals surface area contributed by atoms with Gasteiger partial charge in [0.2, 0.25) is 23.5 Å². The molecule has 2 amide bonds. The van der Waals surface area contributed by atoms with Gasteiger partial charge in [-0.2, -0.15) is 4.98 Å². The quantitative estimate of drug-likeness (QED) is 0.891. The summed E-state index contributed by atoms with van der Waals surface area (Å²) in [7, 11) is 0. The first-order valence-corrected chi connectivity index (χ1v) is 8.91. The molecule has 1 N–H and O–H groups in total. The van der Waals surface area contributed by atoms with Crippen molar-refractivity contribution in [1.82, 2.24) is 20.4 Å². The molecule has 0 radical (unpaired) electrons. The van der Waals surface area contributed by atoms with Gasteiger partial charge in [-0.1, -0.05) is 11.2 Å². The predicted octanol–water partition coefficient (Wildman–Crippen LogP) is 1.86. The summed E-state index contributed by atoms with van der Waals surface area (Å²) in [5, 5.41) is 8.91. The van der Waals surface area contributed by atoms with Crippen LogP contribution in [0, 0.1) is 0 Å². The van der Waals surface area contributed by atoms with E-state index in [1.54, 1.807) is 18.3 Å². The highest BCUT2D eigenvalue weighted by molar-refractivity contribution is 7.13. The third kappa shape index (κ3) is 4.19. The third-order valence-corrected chi connectivity index (χ3v) is 4.95. The molecule has 1 saturated heterocycles. The molecule has 1 aliphatic heterocycles. The van der Waals surface area contributed by atoms with Crippen molar-refractivity contribution >= 4 is 23.2 Å². The number of nitrogens with one attached hydrogen (secondary N) is 1. The Hall–Kier alpha value is -2.22. The zero-order valence-electron chi connectivity index (χ0n) is 13.5. The Labute approximate surface area is 144 Å². The van der Waals surface area contributed by atoms with E-state index in [9.17, 15) is 9.59 Å². The summed E-state index contributed by atoms with van der Waals surface area (Å²) in [5.41, 5.74) is 0. The minimum atomic E-state index is -0.0212. The number of aromatic nitrogens is 2. The van der Waals surface area contributed by atoms with Gasteiger partial charge in [-0.15, -0.1) is 11.3 Å². The summed E-state index contributed by atoms with van der Waals surface area (Å²) in [6.45, 7) is 2.98. The molecule has 0 aromatic carbocycles. The topological polar surface area (TPSA) is 88.3 Å². The second kappa shape index (κ2) is 7.57. The Morgan fingerprint density at radius 2 is 2.21 bits per heavy atom. The first-order chi connectivity index (χ1) is 11.6. The molecule has 2 aromatic heterocycles. The summed E-state index contributed by atoms with van der Waals surface area (Å²) in [5.74, 6) is 1.11. The molecule has 0 spiro atoms. The number of rotatable bonds is 5. The zero-order valence-corrected chi connectivity index (χ0v) is 14.3. The molecule has 0 aliphatic carbocycles. The van der Waals surface area contributed by atoms with Crippen LogP contribution in [-0.2, 0) is 16.0 Å². The van der Waals surface area contributed by atoms with E-state index < -0.39 is 0 Å². The van der Waals surface area contributed by atoms with Crippen LogP contribution < -0.4 is 5.32 Å². The molecular formula is C16H20N4O3S. The first kappa shape index (κ1) is 16.6. The van der Waals surface area contributed by atoms with Crippen molar-refractivity contribution in [3.05, 3.63) is 23.4 Å². The van der Waals surface area contributed by atoms with Crippen LogP contribution >= 0.6 is 11.3 Å². The fourth-order valence-corrected chi connectivity index (χ4v) is 3.37. The van der Waals surface area contributed by atoms with Crippen molar-refractivity contribution in [2.45, 2.75) is 38.6 Å². The minimum absolute atomic E-state index is 0.0212. The van der Waals surface area contributed by atoms with Crippen molar-refractivity contribution in [2.24, 2.45) is 0 Å². The second-order valence-corrected chi connectivity index (χ2v) is 6.78. The van der Waals surface area contributed by atoms with Gasteiger partial charge in [0.15, 0.2) is 0 Å². The highest BCUT2D eigenvalue weighted by Gasteiger charge is 2.22. The standard InChI is InChI=1S/C16H20N4O3S/c1-11(21)20-8-6-12(7-9-20)17-14(22)4-5-15-18-16(19-23-15)13-3-2-10-24-13/h2-3,10,12H,4-9H2,1H3,(H,17,22). The number of piperidine rings is 1. The molecule has 0 atom stereocenters. The number of amides is 2. The third-order valence-electron chi connectivity index (χ3n) is 4.08. The number of likely N-dealkylation sites (tertiary alicyclic amines) is 1. The van der Waals surface area contributed by atoms with Crippen molar-refractivity contribution in [3.63, 3.8) is 0 Å². The van der Waals surface area contributed by atoms with Crippen LogP contribution in [0.4, 0.5) is 0 Å². The van der Waals surface area contributed by atoms with Crippen molar-refractivity contribution in [3.8, 4) is 10.7 Å². The van der Waals surface area contributed by atoms with E-state index in [0.717, 1.165) is 17.7 Å². The molecule has 3 rings (SSSR count). The monoisotopic (exact) mass is 348 g/mol. The Bertz CT molecular complexity index is 690. The summed E-state index contributed by atoms with van der Waals surface area (Å²) in [4.78, 5) is 30.4. The number of hydrogen-bond donors (Lipinski definition) is 1. The van der Waals surface area contributed by atoms with E-state index in [2.05, 4.69) is 15.5 Å². The van der Waals surface area contributed by atoms with Gasteiger partial charge in [0, 0.05) is 38.9 Å². The van der Waals surface area contributed by atoms with Gasteiger partial charge < -0.3 is 14.7 Å². The fraction of sp³-hybridized carbons (Fsp3) is 0.500. The lowest BCUT2D eigenvalue weighted by Gasteiger charge is -2.31. The molecular weight excluding hydrogens is 328 g/mol. The largest absolute Gasteiger partial charge is 0.353 e. The minimum Gasteiger partial charge on any atom is -0.353 e. The van der Waals surface area contributed by atoms with Crippen LogP contribution in [0.5, 0.6) is 0 Å². The van der Waals surface area contributed by atoms with Crippen LogP contribution in [0.3, 0.4) is 0 Å². The number of carbonyl (C=O) groups excluding carboxylic acids is 2. The van der Waals surface area contributed by atoms with Crippen LogP contribution in [0.2, 0.25) is 0 Å². The van der Waals surface area contributed by atoms with E-state index >= 15 is 0 Å². The smallest absolute Gasteiger partial charge is 0.227 e. The van der Waals surface area contributed by atoms with E-state index in [1.807, 2.05) is 22.4 Å². The molecule has 0 unspecified atom stereocenters. The number of carbonyl (C=O) groups is 2. The lowest BCUT2D eigenvalue weighted by molar-refractivity contribution is -0.130. The Kier molecular flexibility index (Phi) is 5.24. The highest BCUT2D eigenvalue weighted by Crippen LogP contribution is 2.21. The van der Waals surface area contributed by atoms with Crippen molar-refractivity contribution < 1.29 is 14.1 Å². The van der Waals surface area contributed by atoms with Gasteiger partial charge in [-0.3, -0.25) is 9.59 Å². The second-order valence-electron chi connectivity index (χ2n) is 5.84. The first-order valence-electron chi connectivity index (χ1n) is 8.03. The van der Waals surface area contributed by atoms with Gasteiger partial charge in [0.25, 0.3) is 0 Å². The van der Waals surface area contributed by atoms with Crippen LogP contribution in [0.1, 0.15) is 32.1 Å². The molecule has 24 heavy (non-hydrogen) atoms. The number of aryl methyl sites for hydroxylation is 1. The van der Waals surface area contributed by atoms with Gasteiger partial charge in [-0.25, -0.2) is 0 Å². The summed E-state index contributed by atoms with van der Waals surface area (Å²) < 4.78 is 5.19. The normalized spacial score (nSPS) is 15.5. The molecule has 2 aromatic rings. The predicted molar refractivity (Wildman–Crippen MR) is 89.4 cm³/mol. The van der Waals surface area contributed by atoms with E-state index in [-0.39, 0.29) is 17.9 Å². The van der Waals surface area contributed by atoms with Crippen LogP contribution in [0.25, 0.3) is 10.7 Å². The number of nitrogens with zero attached hydrogens (tertiary/aromatic N) is 3.